The molecule has 148 valence electrons. The molecule has 0 spiro atoms. The van der Waals surface area contributed by atoms with Gasteiger partial charge in [0.05, 0.1) is 0 Å². The Labute approximate surface area is 168 Å². The van der Waals surface area contributed by atoms with Crippen molar-refractivity contribution in [3.63, 3.8) is 0 Å². The number of nitrogens with zero attached hydrogens (tertiary/aromatic N) is 3. The van der Waals surface area contributed by atoms with Gasteiger partial charge in [0.15, 0.2) is 15.6 Å². The van der Waals surface area contributed by atoms with Gasteiger partial charge in [-0.2, -0.15) is 4.98 Å². The van der Waals surface area contributed by atoms with Crippen molar-refractivity contribution in [3.8, 4) is 0 Å². The van der Waals surface area contributed by atoms with Crippen molar-refractivity contribution in [1.29, 1.82) is 0 Å². The maximum absolute atomic E-state index is 11.7. The van der Waals surface area contributed by atoms with E-state index < -0.39 is 9.84 Å². The third-order valence-corrected chi connectivity index (χ3v) is 6.14. The van der Waals surface area contributed by atoms with Gasteiger partial charge in [0.25, 0.3) is 0 Å². The topological polar surface area (TPSA) is 94.0 Å². The first-order valence-corrected chi connectivity index (χ1v) is 11.0. The number of fused-ring (bicyclic) bond motifs is 1. The highest BCUT2D eigenvalue weighted by atomic mass is 32.2. The molecule has 1 aromatic carbocycles. The number of Topliss-reactive ketones (excluding diaryl/α,β-unsaturated/α-hetero) is 1. The average molecular weight is 408 g/mol. The minimum atomic E-state index is -3.16. The van der Waals surface area contributed by atoms with Crippen LogP contribution in [0.15, 0.2) is 59.8 Å². The summed E-state index contributed by atoms with van der Waals surface area (Å²) in [6, 6.07) is 9.06. The van der Waals surface area contributed by atoms with Crippen molar-refractivity contribution in [2.75, 3.05) is 11.6 Å². The Morgan fingerprint density at radius 3 is 2.48 bits per heavy atom. The molecule has 0 bridgehead atoms. The number of ketones is 1. The molecule has 0 radical (unpaired) electrons. The highest BCUT2D eigenvalue weighted by Gasteiger charge is 2.17. The number of anilines is 2. The zero-order valence-corrected chi connectivity index (χ0v) is 16.9. The molecule has 0 unspecified atom stereocenters. The molecule has 7 nitrogen and oxygen atoms in total. The first-order chi connectivity index (χ1) is 13.8. The number of hydrogen-bond donors (Lipinski definition) is 1. The van der Waals surface area contributed by atoms with E-state index in [1.807, 2.05) is 35.0 Å². The van der Waals surface area contributed by atoms with Gasteiger partial charge in [0.1, 0.15) is 5.65 Å². The predicted molar refractivity (Wildman–Crippen MR) is 114 cm³/mol. The van der Waals surface area contributed by atoms with Crippen LogP contribution in [-0.4, -0.2) is 35.0 Å². The Hall–Kier alpha value is -3.26. The Bertz CT molecular complexity index is 1270. The molecule has 0 atom stereocenters. The number of carbonyl (C=O) groups is 1. The summed E-state index contributed by atoms with van der Waals surface area (Å²) >= 11 is 0. The largest absolute Gasteiger partial charge is 0.324 e. The van der Waals surface area contributed by atoms with Crippen molar-refractivity contribution < 1.29 is 13.2 Å². The highest BCUT2D eigenvalue weighted by molar-refractivity contribution is 7.94. The van der Waals surface area contributed by atoms with Crippen LogP contribution in [0.4, 0.5) is 11.6 Å². The molecular weight excluding hydrogens is 388 g/mol. The number of sulfone groups is 1. The molecule has 0 fully saturated rings. The Morgan fingerprint density at radius 2 is 1.86 bits per heavy atom. The van der Waals surface area contributed by atoms with Crippen LogP contribution in [0.25, 0.3) is 16.7 Å². The van der Waals surface area contributed by atoms with Crippen molar-refractivity contribution in [2.24, 2.45) is 0 Å². The molecule has 29 heavy (non-hydrogen) atoms. The van der Waals surface area contributed by atoms with E-state index in [1.165, 1.54) is 13.2 Å². The second kappa shape index (κ2) is 7.29. The molecule has 0 saturated heterocycles. The van der Waals surface area contributed by atoms with Crippen molar-refractivity contribution in [2.45, 2.75) is 19.8 Å². The third kappa shape index (κ3) is 3.97. The fourth-order valence-electron chi connectivity index (χ4n) is 3.24. The minimum Gasteiger partial charge on any atom is -0.324 e. The van der Waals surface area contributed by atoms with Crippen molar-refractivity contribution in [3.05, 3.63) is 65.3 Å². The number of benzene rings is 1. The first-order valence-electron chi connectivity index (χ1n) is 9.13. The van der Waals surface area contributed by atoms with E-state index >= 15 is 0 Å². The Morgan fingerprint density at radius 1 is 1.10 bits per heavy atom. The smallest absolute Gasteiger partial charge is 0.229 e. The zero-order valence-electron chi connectivity index (χ0n) is 16.1. The monoisotopic (exact) mass is 408 g/mol. The fraction of sp³-hybridized carbons (Fsp3) is 0.190. The summed E-state index contributed by atoms with van der Waals surface area (Å²) in [4.78, 5) is 20.8. The number of carbonyl (C=O) groups excluding carboxylic acids is 1. The van der Waals surface area contributed by atoms with Crippen molar-refractivity contribution >= 4 is 44.0 Å². The lowest BCUT2D eigenvalue weighted by Crippen LogP contribution is -2.07. The average Bonchev–Trinajstić information content (AvgIpc) is 3.11. The minimum absolute atomic E-state index is 0.0147. The molecule has 1 aliphatic carbocycles. The summed E-state index contributed by atoms with van der Waals surface area (Å²) in [6.45, 7) is 1.53. The molecule has 2 heterocycles. The van der Waals surface area contributed by atoms with Crippen LogP contribution >= 0.6 is 0 Å². The zero-order chi connectivity index (χ0) is 20.6. The molecule has 3 aromatic rings. The van der Waals surface area contributed by atoms with E-state index in [0.717, 1.165) is 22.4 Å². The number of rotatable bonds is 5. The number of hydrogen-bond acceptors (Lipinski definition) is 6. The Kier molecular flexibility index (Phi) is 4.79. The fourth-order valence-corrected chi connectivity index (χ4v) is 4.03. The van der Waals surface area contributed by atoms with Crippen LogP contribution in [0, 0.1) is 0 Å². The molecule has 1 N–H and O–H groups in total. The van der Waals surface area contributed by atoms with Gasteiger partial charge in [-0.15, -0.1) is 0 Å². The standard InChI is InChI=1S/C21H20N4O3S/c1-14(26)15-3-5-17(6-4-15)23-21-22-13-16-11-12-25(20(16)24-21)18-7-9-19(10-8-18)29(2,27)28/h3-7,9,11-13H,8,10H2,1-2H3,(H,22,23,24). The lowest BCUT2D eigenvalue weighted by molar-refractivity contribution is 0.101. The molecule has 0 aliphatic heterocycles. The summed E-state index contributed by atoms with van der Waals surface area (Å²) in [5, 5.41) is 4.04. The number of nitrogens with one attached hydrogen (secondary N) is 1. The second-order valence-electron chi connectivity index (χ2n) is 6.98. The Balaban J connectivity index is 1.64. The summed E-state index contributed by atoms with van der Waals surface area (Å²) in [7, 11) is -3.16. The highest BCUT2D eigenvalue weighted by Crippen LogP contribution is 2.28. The van der Waals surface area contributed by atoms with E-state index in [-0.39, 0.29) is 5.78 Å². The second-order valence-corrected chi connectivity index (χ2v) is 9.05. The van der Waals surface area contributed by atoms with Crippen LogP contribution in [0.5, 0.6) is 0 Å². The number of allylic oxidation sites excluding steroid dienone is 4. The van der Waals surface area contributed by atoms with E-state index in [0.29, 0.717) is 29.3 Å². The van der Waals surface area contributed by atoms with Crippen molar-refractivity contribution in [1.82, 2.24) is 14.5 Å². The first kappa shape index (κ1) is 19.1. The van der Waals surface area contributed by atoms with Crippen LogP contribution < -0.4 is 5.32 Å². The van der Waals surface area contributed by atoms with Gasteiger partial charge in [-0.1, -0.05) is 0 Å². The van der Waals surface area contributed by atoms with Gasteiger partial charge in [0, 0.05) is 45.9 Å². The molecule has 8 heteroatoms. The SMILES string of the molecule is CC(=O)c1ccc(Nc2ncc3ccn(C4=CC=C(S(C)(=O)=O)CC4)c3n2)cc1. The summed E-state index contributed by atoms with van der Waals surface area (Å²) in [5.74, 6) is 0.456. The lowest BCUT2D eigenvalue weighted by Gasteiger charge is -2.15. The number of aromatic nitrogens is 3. The van der Waals surface area contributed by atoms with Gasteiger partial charge < -0.3 is 9.88 Å². The van der Waals surface area contributed by atoms with Gasteiger partial charge >= 0.3 is 0 Å². The van der Waals surface area contributed by atoms with Crippen LogP contribution in [0.3, 0.4) is 0 Å². The molecule has 4 rings (SSSR count). The summed E-state index contributed by atoms with van der Waals surface area (Å²) in [5.41, 5.74) is 3.14. The van der Waals surface area contributed by atoms with Crippen LogP contribution in [0.2, 0.25) is 0 Å². The van der Waals surface area contributed by atoms with Gasteiger partial charge in [-0.25, -0.2) is 13.4 Å². The summed E-state index contributed by atoms with van der Waals surface area (Å²) < 4.78 is 25.4. The predicted octanol–water partition coefficient (Wildman–Crippen LogP) is 3.94. The van der Waals surface area contributed by atoms with Gasteiger partial charge in [-0.05, 0) is 62.2 Å². The van der Waals surface area contributed by atoms with Crippen LogP contribution in [-0.2, 0) is 9.84 Å². The van der Waals surface area contributed by atoms with Gasteiger partial charge in [-0.3, -0.25) is 4.79 Å². The molecule has 0 amide bonds. The van der Waals surface area contributed by atoms with E-state index in [2.05, 4.69) is 15.3 Å². The van der Waals surface area contributed by atoms with Gasteiger partial charge in [0.2, 0.25) is 5.95 Å². The summed E-state index contributed by atoms with van der Waals surface area (Å²) in [6.07, 6.45) is 9.47. The van der Waals surface area contributed by atoms with E-state index in [1.54, 1.807) is 24.4 Å². The quantitative estimate of drug-likeness (QED) is 0.643. The maximum Gasteiger partial charge on any atom is 0.229 e. The lowest BCUT2D eigenvalue weighted by atomic mass is 10.1. The van der Waals surface area contributed by atoms with E-state index in [9.17, 15) is 13.2 Å². The molecular formula is C21H20N4O3S. The maximum atomic E-state index is 11.7. The third-order valence-electron chi connectivity index (χ3n) is 4.85. The van der Waals surface area contributed by atoms with E-state index in [4.69, 9.17) is 0 Å². The van der Waals surface area contributed by atoms with Crippen LogP contribution in [0.1, 0.15) is 30.1 Å². The molecule has 1 aliphatic rings. The molecule has 0 saturated carbocycles. The normalized spacial score (nSPS) is 14.4. The molecule has 2 aromatic heterocycles.